The molecule has 2 N–H and O–H groups in total. The Labute approximate surface area is 216 Å². The Morgan fingerprint density at radius 3 is 2.64 bits per heavy atom. The molecule has 1 amide bonds. The van der Waals surface area contributed by atoms with Crippen molar-refractivity contribution in [3.05, 3.63) is 80.4 Å². The number of oxazole rings is 1. The molecule has 1 heterocycles. The molecule has 0 aliphatic carbocycles. The van der Waals surface area contributed by atoms with Crippen molar-refractivity contribution in [3.63, 3.8) is 0 Å². The number of hydrogen-bond acceptors (Lipinski definition) is 4. The number of halogens is 2. The van der Waals surface area contributed by atoms with Gasteiger partial charge < -0.3 is 9.73 Å². The maximum Gasteiger partial charge on any atom is 0.258 e. The number of thiocarbonyl (C=S) groups is 1. The molecule has 1 atom stereocenters. The third-order valence-electron chi connectivity index (χ3n) is 5.38. The zero-order valence-corrected chi connectivity index (χ0v) is 21.7. The molecule has 4 aromatic rings. The summed E-state index contributed by atoms with van der Waals surface area (Å²) in [5.41, 5.74) is 4.82. The molecule has 0 bridgehead atoms. The minimum absolute atomic E-state index is 0.183. The first-order valence-electron chi connectivity index (χ1n) is 10.4. The third kappa shape index (κ3) is 5.54. The first kappa shape index (κ1) is 23.7. The molecule has 0 saturated carbocycles. The fraction of sp³-hybridized carbons (Fsp3) is 0.160. The smallest absolute Gasteiger partial charge is 0.258 e. The summed E-state index contributed by atoms with van der Waals surface area (Å²) in [6.45, 7) is 4.38. The quantitative estimate of drug-likeness (QED) is 0.188. The second kappa shape index (κ2) is 10.2. The number of fused-ring (bicyclic) bond motifs is 1. The van der Waals surface area contributed by atoms with E-state index in [-0.39, 0.29) is 11.0 Å². The van der Waals surface area contributed by atoms with Crippen LogP contribution in [0.4, 0.5) is 5.69 Å². The second-order valence-electron chi connectivity index (χ2n) is 7.67. The van der Waals surface area contributed by atoms with Crippen molar-refractivity contribution in [1.29, 1.82) is 0 Å². The summed E-state index contributed by atoms with van der Waals surface area (Å²) in [5, 5.41) is 6.22. The minimum Gasteiger partial charge on any atom is -0.436 e. The first-order chi connectivity index (χ1) is 15.8. The zero-order valence-electron chi connectivity index (χ0n) is 18.0. The van der Waals surface area contributed by atoms with E-state index in [9.17, 15) is 4.79 Å². The summed E-state index contributed by atoms with van der Waals surface area (Å²) in [7, 11) is 0. The highest BCUT2D eigenvalue weighted by atomic mass is 127. The minimum atomic E-state index is -0.365. The van der Waals surface area contributed by atoms with Crippen LogP contribution in [0.15, 0.2) is 65.1 Å². The van der Waals surface area contributed by atoms with Gasteiger partial charge in [0.05, 0.1) is 10.6 Å². The number of carbonyl (C=O) groups excluding carboxylic acids is 1. The van der Waals surface area contributed by atoms with E-state index in [2.05, 4.69) is 64.2 Å². The predicted octanol–water partition coefficient (Wildman–Crippen LogP) is 7.39. The molecule has 0 aliphatic heterocycles. The Hall–Kier alpha value is -2.49. The zero-order chi connectivity index (χ0) is 23.5. The normalized spacial score (nSPS) is 11.9. The van der Waals surface area contributed by atoms with Gasteiger partial charge in [0.15, 0.2) is 10.7 Å². The van der Waals surface area contributed by atoms with E-state index in [1.54, 1.807) is 12.1 Å². The third-order valence-corrected chi connectivity index (χ3v) is 6.59. The highest BCUT2D eigenvalue weighted by molar-refractivity contribution is 14.1. The van der Waals surface area contributed by atoms with Gasteiger partial charge in [0.1, 0.15) is 5.52 Å². The van der Waals surface area contributed by atoms with Gasteiger partial charge in [0.2, 0.25) is 5.89 Å². The number of rotatable bonds is 5. The molecule has 168 valence electrons. The average molecular weight is 590 g/mol. The van der Waals surface area contributed by atoms with Gasteiger partial charge in [-0.1, -0.05) is 31.5 Å². The SMILES string of the molecule is CC[C@@H](C)c1ccc2oc(-c3ccc(NC(=S)NC(=O)c4cc(I)ccc4Cl)cc3)nc2c1. The molecule has 8 heteroatoms. The Bertz CT molecular complexity index is 1340. The van der Waals surface area contributed by atoms with Crippen LogP contribution in [-0.4, -0.2) is 16.0 Å². The van der Waals surface area contributed by atoms with E-state index in [0.29, 0.717) is 22.4 Å². The van der Waals surface area contributed by atoms with Crippen LogP contribution in [0.25, 0.3) is 22.6 Å². The lowest BCUT2D eigenvalue weighted by Crippen LogP contribution is -2.34. The molecule has 3 aromatic carbocycles. The van der Waals surface area contributed by atoms with E-state index in [1.165, 1.54) is 5.56 Å². The predicted molar refractivity (Wildman–Crippen MR) is 146 cm³/mol. The summed E-state index contributed by atoms with van der Waals surface area (Å²) in [6, 6.07) is 18.9. The summed E-state index contributed by atoms with van der Waals surface area (Å²) >= 11 is 13.5. The molecular weight excluding hydrogens is 569 g/mol. The van der Waals surface area contributed by atoms with E-state index < -0.39 is 0 Å². The van der Waals surface area contributed by atoms with Gasteiger partial charge in [-0.25, -0.2) is 4.98 Å². The van der Waals surface area contributed by atoms with E-state index in [1.807, 2.05) is 36.4 Å². The molecule has 0 unspecified atom stereocenters. The average Bonchev–Trinajstić information content (AvgIpc) is 3.23. The van der Waals surface area contributed by atoms with Gasteiger partial charge in [0.25, 0.3) is 5.91 Å². The van der Waals surface area contributed by atoms with Crippen LogP contribution in [0, 0.1) is 3.57 Å². The lowest BCUT2D eigenvalue weighted by atomic mass is 9.98. The maximum absolute atomic E-state index is 12.5. The van der Waals surface area contributed by atoms with Crippen molar-refractivity contribution in [1.82, 2.24) is 10.3 Å². The summed E-state index contributed by atoms with van der Waals surface area (Å²) in [5.74, 6) is 0.670. The van der Waals surface area contributed by atoms with Crippen molar-refractivity contribution in [3.8, 4) is 11.5 Å². The van der Waals surface area contributed by atoms with E-state index >= 15 is 0 Å². The number of nitrogens with one attached hydrogen (secondary N) is 2. The van der Waals surface area contributed by atoms with Crippen molar-refractivity contribution < 1.29 is 9.21 Å². The molecule has 0 fully saturated rings. The largest absolute Gasteiger partial charge is 0.436 e. The molecule has 0 saturated heterocycles. The Balaban J connectivity index is 1.44. The standard InChI is InChI=1S/C25H21ClIN3O2S/c1-3-14(2)16-6-11-22-21(12-16)29-24(32-22)15-4-8-18(9-5-15)28-25(33)30-23(31)19-13-17(27)7-10-20(19)26/h4-14H,3H2,1-2H3,(H2,28,30,31,33)/t14-/m1/s1. The van der Waals surface area contributed by atoms with Crippen molar-refractivity contribution in [2.45, 2.75) is 26.2 Å². The van der Waals surface area contributed by atoms with E-state index in [0.717, 1.165) is 32.3 Å². The van der Waals surface area contributed by atoms with Gasteiger partial charge in [-0.3, -0.25) is 10.1 Å². The van der Waals surface area contributed by atoms with Gasteiger partial charge in [-0.2, -0.15) is 0 Å². The lowest BCUT2D eigenvalue weighted by Gasteiger charge is -2.11. The Kier molecular flexibility index (Phi) is 7.31. The topological polar surface area (TPSA) is 67.2 Å². The summed E-state index contributed by atoms with van der Waals surface area (Å²) in [4.78, 5) is 17.1. The maximum atomic E-state index is 12.5. The Morgan fingerprint density at radius 1 is 1.15 bits per heavy atom. The van der Waals surface area contributed by atoms with Crippen LogP contribution in [0.1, 0.15) is 42.1 Å². The molecule has 33 heavy (non-hydrogen) atoms. The molecule has 5 nitrogen and oxygen atoms in total. The van der Waals surface area contributed by atoms with Crippen LogP contribution in [-0.2, 0) is 0 Å². The fourth-order valence-electron chi connectivity index (χ4n) is 3.31. The van der Waals surface area contributed by atoms with Crippen molar-refractivity contribution in [2.24, 2.45) is 0 Å². The second-order valence-corrected chi connectivity index (χ2v) is 9.73. The fourth-order valence-corrected chi connectivity index (χ4v) is 4.22. The monoisotopic (exact) mass is 589 g/mol. The van der Waals surface area contributed by atoms with Gasteiger partial charge in [-0.05, 0) is 107 Å². The van der Waals surface area contributed by atoms with Crippen molar-refractivity contribution >= 4 is 74.2 Å². The van der Waals surface area contributed by atoms with Crippen LogP contribution in [0.3, 0.4) is 0 Å². The molecular formula is C25H21ClIN3O2S. The summed E-state index contributed by atoms with van der Waals surface area (Å²) < 4.78 is 6.85. The molecule has 1 aromatic heterocycles. The van der Waals surface area contributed by atoms with Crippen LogP contribution in [0.2, 0.25) is 5.02 Å². The molecule has 0 spiro atoms. The molecule has 4 rings (SSSR count). The van der Waals surface area contributed by atoms with E-state index in [4.69, 9.17) is 28.2 Å². The highest BCUT2D eigenvalue weighted by Gasteiger charge is 2.14. The number of carbonyl (C=O) groups is 1. The molecule has 0 aliphatic rings. The highest BCUT2D eigenvalue weighted by Crippen LogP contribution is 2.28. The number of amides is 1. The Morgan fingerprint density at radius 2 is 1.91 bits per heavy atom. The number of hydrogen-bond donors (Lipinski definition) is 2. The van der Waals surface area contributed by atoms with Crippen LogP contribution < -0.4 is 10.6 Å². The first-order valence-corrected chi connectivity index (χ1v) is 12.3. The van der Waals surface area contributed by atoms with Gasteiger partial charge in [0, 0.05) is 14.8 Å². The van der Waals surface area contributed by atoms with Crippen LogP contribution >= 0.6 is 46.4 Å². The van der Waals surface area contributed by atoms with Crippen LogP contribution in [0.5, 0.6) is 0 Å². The van der Waals surface area contributed by atoms with Gasteiger partial charge in [-0.15, -0.1) is 0 Å². The lowest BCUT2D eigenvalue weighted by molar-refractivity contribution is 0.0978. The number of aromatic nitrogens is 1. The summed E-state index contributed by atoms with van der Waals surface area (Å²) in [6.07, 6.45) is 1.07. The number of nitrogens with zero attached hydrogens (tertiary/aromatic N) is 1. The number of anilines is 1. The molecule has 0 radical (unpaired) electrons. The number of benzene rings is 3. The van der Waals surface area contributed by atoms with Gasteiger partial charge >= 0.3 is 0 Å². The van der Waals surface area contributed by atoms with Crippen molar-refractivity contribution in [2.75, 3.05) is 5.32 Å².